The van der Waals surface area contributed by atoms with Crippen LogP contribution in [0.2, 0.25) is 0 Å². The largest absolute Gasteiger partial charge is 0.435 e. The maximum atomic E-state index is 12.0. The second-order valence-electron chi connectivity index (χ2n) is 10.8. The first-order chi connectivity index (χ1) is 12.7. The van der Waals surface area contributed by atoms with Gasteiger partial charge in [0.15, 0.2) is 0 Å². The normalized spacial score (nSPS) is 52.4. The number of esters is 2. The molecule has 1 unspecified atom stereocenters. The molecule has 2 aliphatic heterocycles. The molecular weight excluding hydrogens is 344 g/mol. The zero-order valence-corrected chi connectivity index (χ0v) is 17.0. The van der Waals surface area contributed by atoms with Crippen LogP contribution < -0.4 is 0 Å². The lowest BCUT2D eigenvalue weighted by molar-refractivity contribution is -0.212. The van der Waals surface area contributed by atoms with Crippen molar-refractivity contribution in [3.05, 3.63) is 0 Å². The number of fused-ring (bicyclic) bond motifs is 6. The van der Waals surface area contributed by atoms with E-state index in [1.54, 1.807) is 0 Å². The lowest BCUT2D eigenvalue weighted by Crippen LogP contribution is -2.50. The highest BCUT2D eigenvalue weighted by molar-refractivity contribution is 5.71. The van der Waals surface area contributed by atoms with Gasteiger partial charge in [0.1, 0.15) is 0 Å². The zero-order valence-electron chi connectivity index (χ0n) is 17.0. The van der Waals surface area contributed by atoms with E-state index >= 15 is 0 Å². The number of ether oxygens (including phenoxy) is 3. The third-order valence-corrected chi connectivity index (χ3v) is 9.06. The van der Waals surface area contributed by atoms with Crippen LogP contribution in [0.3, 0.4) is 0 Å². The molecule has 150 valence electrons. The van der Waals surface area contributed by atoms with E-state index in [9.17, 15) is 9.59 Å². The summed E-state index contributed by atoms with van der Waals surface area (Å²) in [4.78, 5) is 23.6. The summed E-state index contributed by atoms with van der Waals surface area (Å²) in [5.74, 6) is 0.994. The van der Waals surface area contributed by atoms with Crippen LogP contribution in [-0.4, -0.2) is 24.5 Å². The predicted molar refractivity (Wildman–Crippen MR) is 97.1 cm³/mol. The molecule has 2 saturated heterocycles. The SMILES string of the molecule is CC(=O)O[C@@H]1OC2OC(=O)C[C@@H]1[C@@H]2[C@]12CC[C@H]3C(C)(C)CCC[C@]3(C)[C@H]1C2. The van der Waals surface area contributed by atoms with Crippen LogP contribution in [0.25, 0.3) is 0 Å². The van der Waals surface area contributed by atoms with Crippen LogP contribution in [0, 0.1) is 39.9 Å². The molecule has 0 spiro atoms. The van der Waals surface area contributed by atoms with E-state index in [4.69, 9.17) is 14.2 Å². The minimum atomic E-state index is -0.632. The van der Waals surface area contributed by atoms with Gasteiger partial charge in [-0.15, -0.1) is 0 Å². The van der Waals surface area contributed by atoms with Crippen LogP contribution in [0.4, 0.5) is 0 Å². The summed E-state index contributed by atoms with van der Waals surface area (Å²) < 4.78 is 17.0. The van der Waals surface area contributed by atoms with Crippen LogP contribution in [0.15, 0.2) is 0 Å². The molecule has 0 aromatic carbocycles. The smallest absolute Gasteiger partial charge is 0.308 e. The summed E-state index contributed by atoms with van der Waals surface area (Å²) in [5, 5.41) is 0. The van der Waals surface area contributed by atoms with Crippen molar-refractivity contribution in [1.29, 1.82) is 0 Å². The first-order valence-electron chi connectivity index (χ1n) is 10.7. The van der Waals surface area contributed by atoms with Gasteiger partial charge in [-0.2, -0.15) is 0 Å². The van der Waals surface area contributed by atoms with E-state index in [2.05, 4.69) is 20.8 Å². The molecule has 5 rings (SSSR count). The van der Waals surface area contributed by atoms with Crippen LogP contribution in [-0.2, 0) is 23.8 Å². The number of carbonyl (C=O) groups is 2. The molecule has 5 heteroatoms. The Morgan fingerprint density at radius 1 is 1.15 bits per heavy atom. The van der Waals surface area contributed by atoms with E-state index < -0.39 is 12.6 Å². The predicted octanol–water partition coefficient (Wildman–Crippen LogP) is 4.04. The van der Waals surface area contributed by atoms with Gasteiger partial charge in [-0.25, -0.2) is 0 Å². The maximum Gasteiger partial charge on any atom is 0.308 e. The van der Waals surface area contributed by atoms with Crippen LogP contribution in [0.5, 0.6) is 0 Å². The van der Waals surface area contributed by atoms with Gasteiger partial charge >= 0.3 is 11.9 Å². The fourth-order valence-electron chi connectivity index (χ4n) is 8.10. The third-order valence-electron chi connectivity index (χ3n) is 9.06. The lowest BCUT2D eigenvalue weighted by Gasteiger charge is -2.56. The van der Waals surface area contributed by atoms with Crippen molar-refractivity contribution < 1.29 is 23.8 Å². The summed E-state index contributed by atoms with van der Waals surface area (Å²) in [6.45, 7) is 8.83. The Morgan fingerprint density at radius 2 is 1.93 bits per heavy atom. The lowest BCUT2D eigenvalue weighted by atomic mass is 9.49. The summed E-state index contributed by atoms with van der Waals surface area (Å²) in [5.41, 5.74) is 0.984. The van der Waals surface area contributed by atoms with Crippen LogP contribution >= 0.6 is 0 Å². The minimum absolute atomic E-state index is 0.0538. The Kier molecular flexibility index (Phi) is 3.65. The molecule has 27 heavy (non-hydrogen) atoms. The van der Waals surface area contributed by atoms with Gasteiger partial charge in [-0.1, -0.05) is 27.2 Å². The average Bonchev–Trinajstić information content (AvgIpc) is 3.24. The standard InChI is InChI=1S/C22H32O5/c1-12(23)25-18-13-10-16(24)26-19(27-18)17(13)22-9-6-14-20(2,3)7-5-8-21(14,4)15(22)11-22/h13-15,17-19H,5-11H2,1-4H3/t13-,14+,15-,17+,18-,19?,21+,22+/m1/s1. The Bertz CT molecular complexity index is 686. The van der Waals surface area contributed by atoms with Gasteiger partial charge in [0, 0.05) is 18.8 Å². The third kappa shape index (κ3) is 2.39. The number of hydrogen-bond acceptors (Lipinski definition) is 5. The highest BCUT2D eigenvalue weighted by atomic mass is 16.8. The van der Waals surface area contributed by atoms with Crippen molar-refractivity contribution in [2.24, 2.45) is 39.9 Å². The number of hydrogen-bond donors (Lipinski definition) is 0. The van der Waals surface area contributed by atoms with Crippen molar-refractivity contribution in [1.82, 2.24) is 0 Å². The first-order valence-corrected chi connectivity index (χ1v) is 10.7. The topological polar surface area (TPSA) is 61.8 Å². The van der Waals surface area contributed by atoms with Crippen LogP contribution in [0.1, 0.15) is 72.6 Å². The van der Waals surface area contributed by atoms with Crippen molar-refractivity contribution >= 4 is 11.9 Å². The van der Waals surface area contributed by atoms with Crippen molar-refractivity contribution in [2.45, 2.75) is 85.2 Å². The summed E-state index contributed by atoms with van der Waals surface area (Å²) >= 11 is 0. The quantitative estimate of drug-likeness (QED) is 0.681. The summed E-state index contributed by atoms with van der Waals surface area (Å²) in [6.07, 6.45) is 6.73. The molecule has 2 heterocycles. The van der Waals surface area contributed by atoms with Gasteiger partial charge in [-0.05, 0) is 60.2 Å². The second-order valence-corrected chi connectivity index (χ2v) is 10.8. The highest BCUT2D eigenvalue weighted by Gasteiger charge is 2.75. The molecule has 5 aliphatic rings. The highest BCUT2D eigenvalue weighted by Crippen LogP contribution is 2.79. The molecule has 5 fully saturated rings. The molecule has 3 aliphatic carbocycles. The summed E-state index contributed by atoms with van der Waals surface area (Å²) in [7, 11) is 0. The van der Waals surface area contributed by atoms with E-state index in [-0.39, 0.29) is 29.2 Å². The Balaban J connectivity index is 1.45. The van der Waals surface area contributed by atoms with Gasteiger partial charge in [0.2, 0.25) is 12.6 Å². The molecule has 3 saturated carbocycles. The fourth-order valence-corrected chi connectivity index (χ4v) is 8.10. The summed E-state index contributed by atoms with van der Waals surface area (Å²) in [6, 6.07) is 0. The number of rotatable bonds is 2. The number of carbonyl (C=O) groups excluding carboxylic acids is 2. The first kappa shape index (κ1) is 18.0. The molecule has 0 aromatic rings. The van der Waals surface area contributed by atoms with E-state index in [0.29, 0.717) is 23.2 Å². The zero-order chi connectivity index (χ0) is 19.2. The minimum Gasteiger partial charge on any atom is -0.435 e. The van der Waals surface area contributed by atoms with Gasteiger partial charge < -0.3 is 14.2 Å². The Morgan fingerprint density at radius 3 is 2.67 bits per heavy atom. The molecule has 0 radical (unpaired) electrons. The Hall–Kier alpha value is -1.10. The van der Waals surface area contributed by atoms with E-state index in [1.807, 2.05) is 0 Å². The van der Waals surface area contributed by atoms with Gasteiger partial charge in [0.05, 0.1) is 6.42 Å². The van der Waals surface area contributed by atoms with Crippen molar-refractivity contribution in [2.75, 3.05) is 0 Å². The molecule has 0 aromatic heterocycles. The van der Waals surface area contributed by atoms with Gasteiger partial charge in [-0.3, -0.25) is 9.59 Å². The average molecular weight is 376 g/mol. The second kappa shape index (κ2) is 5.49. The molecule has 0 N–H and O–H groups in total. The monoisotopic (exact) mass is 376 g/mol. The molecule has 8 atom stereocenters. The van der Waals surface area contributed by atoms with Gasteiger partial charge in [0.25, 0.3) is 0 Å². The Labute approximate surface area is 161 Å². The molecule has 2 bridgehead atoms. The molecular formula is C22H32O5. The van der Waals surface area contributed by atoms with Crippen molar-refractivity contribution in [3.63, 3.8) is 0 Å². The molecule has 0 amide bonds. The van der Waals surface area contributed by atoms with E-state index in [1.165, 1.54) is 45.4 Å². The maximum absolute atomic E-state index is 12.0. The van der Waals surface area contributed by atoms with Crippen molar-refractivity contribution in [3.8, 4) is 0 Å². The fraction of sp³-hybridized carbons (Fsp3) is 0.909. The van der Waals surface area contributed by atoms with E-state index in [0.717, 1.165) is 5.92 Å². The molecule has 5 nitrogen and oxygen atoms in total.